The van der Waals surface area contributed by atoms with Crippen LogP contribution >= 0.6 is 0 Å². The molecule has 0 aliphatic heterocycles. The van der Waals surface area contributed by atoms with Gasteiger partial charge in [0.15, 0.2) is 5.82 Å². The van der Waals surface area contributed by atoms with Crippen LogP contribution in [0.5, 0.6) is 0 Å². The molecule has 1 aromatic heterocycles. The molecular formula is C19H25N3O4S. The van der Waals surface area contributed by atoms with Gasteiger partial charge >= 0.3 is 0 Å². The van der Waals surface area contributed by atoms with Crippen LogP contribution in [-0.2, 0) is 20.2 Å². The molecule has 1 amide bonds. The van der Waals surface area contributed by atoms with E-state index >= 15 is 0 Å². The average molecular weight is 391 g/mol. The van der Waals surface area contributed by atoms with E-state index in [4.69, 9.17) is 4.52 Å². The molecule has 0 unspecified atom stereocenters. The first kappa shape index (κ1) is 19.6. The van der Waals surface area contributed by atoms with E-state index in [0.717, 1.165) is 18.4 Å². The number of carbonyl (C=O) groups excluding carboxylic acids is 1. The molecule has 1 N–H and O–H groups in total. The minimum atomic E-state index is -3.75. The smallest absolute Gasteiger partial charge is 0.243 e. The molecule has 0 saturated heterocycles. The number of sulfonamides is 1. The summed E-state index contributed by atoms with van der Waals surface area (Å²) >= 11 is 0. The van der Waals surface area contributed by atoms with E-state index in [0.29, 0.717) is 5.76 Å². The molecule has 7 nitrogen and oxygen atoms in total. The predicted molar refractivity (Wildman–Crippen MR) is 102 cm³/mol. The highest BCUT2D eigenvalue weighted by Crippen LogP contribution is 2.32. The van der Waals surface area contributed by atoms with Gasteiger partial charge in [0, 0.05) is 12.1 Å². The van der Waals surface area contributed by atoms with Crippen LogP contribution in [0.25, 0.3) is 0 Å². The Morgan fingerprint density at radius 2 is 1.89 bits per heavy atom. The van der Waals surface area contributed by atoms with Crippen molar-refractivity contribution >= 4 is 21.7 Å². The average Bonchev–Trinajstić information content (AvgIpc) is 3.34. The van der Waals surface area contributed by atoms with Crippen molar-refractivity contribution in [1.82, 2.24) is 9.46 Å². The van der Waals surface area contributed by atoms with Crippen LogP contribution in [0.15, 0.2) is 39.8 Å². The molecule has 0 radical (unpaired) electrons. The van der Waals surface area contributed by atoms with Crippen LogP contribution in [0.3, 0.4) is 0 Å². The van der Waals surface area contributed by atoms with Crippen molar-refractivity contribution in [2.45, 2.75) is 56.9 Å². The van der Waals surface area contributed by atoms with Crippen LogP contribution in [-0.4, -0.2) is 36.4 Å². The van der Waals surface area contributed by atoms with Gasteiger partial charge in [-0.3, -0.25) is 4.79 Å². The lowest BCUT2D eigenvalue weighted by molar-refractivity contribution is -0.116. The molecule has 27 heavy (non-hydrogen) atoms. The van der Waals surface area contributed by atoms with Crippen molar-refractivity contribution < 1.29 is 17.7 Å². The van der Waals surface area contributed by atoms with Gasteiger partial charge in [-0.05, 0) is 42.9 Å². The SMILES string of the molecule is Cc1cc(NC(=O)CN(C2CC2)S(=O)(=O)c2ccc(C(C)(C)C)cc2)no1. The number of hydrogen-bond donors (Lipinski definition) is 1. The molecule has 2 aromatic rings. The lowest BCUT2D eigenvalue weighted by Gasteiger charge is -2.23. The number of aromatic nitrogens is 1. The van der Waals surface area contributed by atoms with Gasteiger partial charge in [0.1, 0.15) is 5.76 Å². The van der Waals surface area contributed by atoms with Gasteiger partial charge in [0.25, 0.3) is 0 Å². The Morgan fingerprint density at radius 3 is 2.37 bits per heavy atom. The van der Waals surface area contributed by atoms with E-state index in [-0.39, 0.29) is 28.7 Å². The maximum absolute atomic E-state index is 13.1. The van der Waals surface area contributed by atoms with Crippen LogP contribution in [0, 0.1) is 6.92 Å². The molecule has 8 heteroatoms. The van der Waals surface area contributed by atoms with Gasteiger partial charge in [0.05, 0.1) is 11.4 Å². The number of nitrogens with zero attached hydrogens (tertiary/aromatic N) is 2. The summed E-state index contributed by atoms with van der Waals surface area (Å²) in [5.41, 5.74) is 0.993. The normalized spacial score (nSPS) is 15.1. The Balaban J connectivity index is 1.78. The third-order valence-electron chi connectivity index (χ3n) is 4.48. The summed E-state index contributed by atoms with van der Waals surface area (Å²) in [5, 5.41) is 6.28. The van der Waals surface area contributed by atoms with E-state index in [2.05, 4.69) is 31.2 Å². The summed E-state index contributed by atoms with van der Waals surface area (Å²) in [5.74, 6) is 0.404. The topological polar surface area (TPSA) is 92.5 Å². The van der Waals surface area contributed by atoms with Gasteiger partial charge in [0.2, 0.25) is 15.9 Å². The van der Waals surface area contributed by atoms with Crippen molar-refractivity contribution in [2.24, 2.45) is 0 Å². The number of nitrogens with one attached hydrogen (secondary N) is 1. The van der Waals surface area contributed by atoms with Gasteiger partial charge in [-0.15, -0.1) is 0 Å². The van der Waals surface area contributed by atoms with Gasteiger partial charge in [-0.25, -0.2) is 8.42 Å². The molecule has 146 valence electrons. The Hall–Kier alpha value is -2.19. The monoisotopic (exact) mass is 391 g/mol. The van der Waals surface area contributed by atoms with Crippen molar-refractivity contribution in [3.8, 4) is 0 Å². The van der Waals surface area contributed by atoms with Gasteiger partial charge in [-0.1, -0.05) is 38.1 Å². The summed E-state index contributed by atoms with van der Waals surface area (Å²) in [6.45, 7) is 7.68. The lowest BCUT2D eigenvalue weighted by Crippen LogP contribution is -2.39. The molecule has 1 fully saturated rings. The summed E-state index contributed by atoms with van der Waals surface area (Å²) in [7, 11) is -3.75. The quantitative estimate of drug-likeness (QED) is 0.817. The van der Waals surface area contributed by atoms with Crippen molar-refractivity contribution in [1.29, 1.82) is 0 Å². The number of hydrogen-bond acceptors (Lipinski definition) is 5. The van der Waals surface area contributed by atoms with Crippen LogP contribution in [0.4, 0.5) is 5.82 Å². The Kier molecular flexibility index (Phi) is 5.14. The number of benzene rings is 1. The highest BCUT2D eigenvalue weighted by molar-refractivity contribution is 7.89. The van der Waals surface area contributed by atoms with E-state index in [1.807, 2.05) is 12.1 Å². The Labute approximate surface area is 159 Å². The zero-order chi connectivity index (χ0) is 19.8. The first-order chi connectivity index (χ1) is 12.6. The van der Waals surface area contributed by atoms with Gasteiger partial charge in [-0.2, -0.15) is 4.31 Å². The molecule has 1 heterocycles. The van der Waals surface area contributed by atoms with E-state index < -0.39 is 15.9 Å². The van der Waals surface area contributed by atoms with E-state index in [1.165, 1.54) is 4.31 Å². The highest BCUT2D eigenvalue weighted by Gasteiger charge is 2.39. The molecular weight excluding hydrogens is 366 g/mol. The third kappa shape index (κ3) is 4.56. The Bertz CT molecular complexity index is 923. The fourth-order valence-electron chi connectivity index (χ4n) is 2.78. The molecule has 1 aromatic carbocycles. The first-order valence-electron chi connectivity index (χ1n) is 8.93. The van der Waals surface area contributed by atoms with Crippen molar-refractivity contribution in [3.05, 3.63) is 41.7 Å². The summed E-state index contributed by atoms with van der Waals surface area (Å²) in [4.78, 5) is 12.5. The molecule has 1 aliphatic rings. The van der Waals surface area contributed by atoms with Crippen molar-refractivity contribution in [2.75, 3.05) is 11.9 Å². The predicted octanol–water partition coefficient (Wildman–Crippen LogP) is 3.07. The maximum Gasteiger partial charge on any atom is 0.243 e. The maximum atomic E-state index is 13.1. The second-order valence-corrected chi connectivity index (χ2v) is 9.82. The molecule has 0 spiro atoms. The number of anilines is 1. The molecule has 0 bridgehead atoms. The molecule has 1 aliphatic carbocycles. The summed E-state index contributed by atoms with van der Waals surface area (Å²) < 4.78 is 32.3. The molecule has 1 saturated carbocycles. The summed E-state index contributed by atoms with van der Waals surface area (Å²) in [6, 6.07) is 8.34. The number of amides is 1. The second kappa shape index (κ2) is 7.09. The van der Waals surface area contributed by atoms with E-state index in [9.17, 15) is 13.2 Å². The zero-order valence-corrected chi connectivity index (χ0v) is 16.8. The molecule has 0 atom stereocenters. The fourth-order valence-corrected chi connectivity index (χ4v) is 4.43. The van der Waals surface area contributed by atoms with Gasteiger partial charge < -0.3 is 9.84 Å². The van der Waals surface area contributed by atoms with Crippen molar-refractivity contribution in [3.63, 3.8) is 0 Å². The lowest BCUT2D eigenvalue weighted by atomic mass is 9.87. The number of aryl methyl sites for hydroxylation is 1. The van der Waals surface area contributed by atoms with Crippen LogP contribution in [0.2, 0.25) is 0 Å². The third-order valence-corrected chi connectivity index (χ3v) is 6.39. The second-order valence-electron chi connectivity index (χ2n) is 7.93. The van der Waals surface area contributed by atoms with Crippen LogP contribution < -0.4 is 5.32 Å². The zero-order valence-electron chi connectivity index (χ0n) is 16.0. The minimum Gasteiger partial charge on any atom is -0.360 e. The number of carbonyl (C=O) groups is 1. The first-order valence-corrected chi connectivity index (χ1v) is 10.4. The van der Waals surface area contributed by atoms with E-state index in [1.54, 1.807) is 25.1 Å². The highest BCUT2D eigenvalue weighted by atomic mass is 32.2. The summed E-state index contributed by atoms with van der Waals surface area (Å²) in [6.07, 6.45) is 1.52. The largest absolute Gasteiger partial charge is 0.360 e. The minimum absolute atomic E-state index is 0.0614. The standard InChI is InChI=1S/C19H25N3O4S/c1-13-11-17(21-26-13)20-18(23)12-22(15-7-8-15)27(24,25)16-9-5-14(6-10-16)19(2,3)4/h5-6,9-11,15H,7-8,12H2,1-4H3,(H,20,21,23). The number of rotatable bonds is 6. The Morgan fingerprint density at radius 1 is 1.26 bits per heavy atom. The fraction of sp³-hybridized carbons (Fsp3) is 0.474. The molecule has 3 rings (SSSR count). The van der Waals surface area contributed by atoms with Crippen LogP contribution in [0.1, 0.15) is 44.9 Å².